The number of hydrogen-bond acceptors (Lipinski definition) is 3. The number of nitrogens with zero attached hydrogens (tertiary/aromatic N) is 1. The van der Waals surface area contributed by atoms with Crippen LogP contribution in [0.2, 0.25) is 0 Å². The van der Waals surface area contributed by atoms with Crippen LogP contribution >= 0.6 is 15.9 Å². The van der Waals surface area contributed by atoms with E-state index in [0.717, 1.165) is 29.7 Å². The molecule has 1 atom stereocenters. The molecule has 0 fully saturated rings. The van der Waals surface area contributed by atoms with Crippen molar-refractivity contribution in [3.8, 4) is 0 Å². The SMILES string of the molecule is CCN(CC)CCNC(C(=O)O)c1cccc(Br)c1. The molecule has 0 aliphatic heterocycles. The van der Waals surface area contributed by atoms with Gasteiger partial charge < -0.3 is 10.0 Å². The van der Waals surface area contributed by atoms with Crippen molar-refractivity contribution in [2.24, 2.45) is 0 Å². The van der Waals surface area contributed by atoms with Crippen molar-refractivity contribution < 1.29 is 9.90 Å². The molecule has 0 heterocycles. The predicted octanol–water partition coefficient (Wildman–Crippen LogP) is 2.51. The fourth-order valence-corrected chi connectivity index (χ4v) is 2.36. The molecule has 0 radical (unpaired) electrons. The van der Waals surface area contributed by atoms with Crippen molar-refractivity contribution in [1.29, 1.82) is 0 Å². The highest BCUT2D eigenvalue weighted by Crippen LogP contribution is 2.18. The van der Waals surface area contributed by atoms with Crippen LogP contribution in [-0.2, 0) is 4.79 Å². The first kappa shape index (κ1) is 16.1. The smallest absolute Gasteiger partial charge is 0.325 e. The molecule has 19 heavy (non-hydrogen) atoms. The summed E-state index contributed by atoms with van der Waals surface area (Å²) in [6.07, 6.45) is 0. The Balaban J connectivity index is 2.62. The number of nitrogens with one attached hydrogen (secondary N) is 1. The second-order valence-electron chi connectivity index (χ2n) is 4.31. The molecule has 4 nitrogen and oxygen atoms in total. The maximum absolute atomic E-state index is 11.3. The lowest BCUT2D eigenvalue weighted by Crippen LogP contribution is -2.36. The number of carbonyl (C=O) groups is 1. The van der Waals surface area contributed by atoms with Crippen molar-refractivity contribution in [1.82, 2.24) is 10.2 Å². The van der Waals surface area contributed by atoms with Crippen LogP contribution in [0.3, 0.4) is 0 Å². The molecule has 106 valence electrons. The van der Waals surface area contributed by atoms with Gasteiger partial charge in [-0.15, -0.1) is 0 Å². The molecule has 0 spiro atoms. The van der Waals surface area contributed by atoms with E-state index in [2.05, 4.69) is 40.0 Å². The van der Waals surface area contributed by atoms with Crippen molar-refractivity contribution in [2.75, 3.05) is 26.2 Å². The van der Waals surface area contributed by atoms with E-state index in [4.69, 9.17) is 0 Å². The standard InChI is InChI=1S/C14H21BrN2O2/c1-3-17(4-2)9-8-16-13(14(18)19)11-6-5-7-12(15)10-11/h5-7,10,13,16H,3-4,8-9H2,1-2H3,(H,18,19). The number of hydrogen-bond donors (Lipinski definition) is 2. The van der Waals surface area contributed by atoms with Gasteiger partial charge in [-0.3, -0.25) is 10.1 Å². The monoisotopic (exact) mass is 328 g/mol. The summed E-state index contributed by atoms with van der Waals surface area (Å²) in [4.78, 5) is 13.6. The van der Waals surface area contributed by atoms with Gasteiger partial charge in [-0.25, -0.2) is 0 Å². The van der Waals surface area contributed by atoms with E-state index in [1.165, 1.54) is 0 Å². The van der Waals surface area contributed by atoms with Gasteiger partial charge >= 0.3 is 5.97 Å². The molecule has 1 aromatic carbocycles. The number of likely N-dealkylation sites (N-methyl/N-ethyl adjacent to an activating group) is 1. The minimum atomic E-state index is -0.849. The molecule has 0 saturated carbocycles. The summed E-state index contributed by atoms with van der Waals surface area (Å²) in [7, 11) is 0. The van der Waals surface area contributed by atoms with Crippen LogP contribution in [0, 0.1) is 0 Å². The second-order valence-corrected chi connectivity index (χ2v) is 5.22. The number of carboxylic acid groups (broad SMARTS) is 1. The topological polar surface area (TPSA) is 52.6 Å². The van der Waals surface area contributed by atoms with Crippen LogP contribution in [0.15, 0.2) is 28.7 Å². The third-order valence-corrected chi connectivity index (χ3v) is 3.59. The molecule has 1 rings (SSSR count). The molecule has 1 aromatic rings. The van der Waals surface area contributed by atoms with Crippen LogP contribution in [0.4, 0.5) is 0 Å². The van der Waals surface area contributed by atoms with E-state index in [0.29, 0.717) is 6.54 Å². The summed E-state index contributed by atoms with van der Waals surface area (Å²) in [6.45, 7) is 7.68. The Morgan fingerprint density at radius 1 is 1.42 bits per heavy atom. The fraction of sp³-hybridized carbons (Fsp3) is 0.500. The third kappa shape index (κ3) is 5.30. The Kier molecular flexibility index (Phi) is 7.05. The lowest BCUT2D eigenvalue weighted by atomic mass is 10.1. The zero-order valence-electron chi connectivity index (χ0n) is 11.4. The Bertz CT molecular complexity index is 408. The Morgan fingerprint density at radius 3 is 2.63 bits per heavy atom. The first-order valence-electron chi connectivity index (χ1n) is 6.52. The van der Waals surface area contributed by atoms with Gasteiger partial charge in [0.25, 0.3) is 0 Å². The fourth-order valence-electron chi connectivity index (χ4n) is 1.94. The maximum atomic E-state index is 11.3. The molecule has 1 unspecified atom stereocenters. The lowest BCUT2D eigenvalue weighted by molar-refractivity contribution is -0.139. The van der Waals surface area contributed by atoms with Gasteiger partial charge in [0.2, 0.25) is 0 Å². The first-order chi connectivity index (χ1) is 9.08. The van der Waals surface area contributed by atoms with Gasteiger partial charge in [0, 0.05) is 17.6 Å². The minimum Gasteiger partial charge on any atom is -0.480 e. The van der Waals surface area contributed by atoms with Crippen molar-refractivity contribution in [3.05, 3.63) is 34.3 Å². The van der Waals surface area contributed by atoms with Crippen molar-refractivity contribution in [3.63, 3.8) is 0 Å². The number of rotatable bonds is 8. The summed E-state index contributed by atoms with van der Waals surface area (Å²) in [5.74, 6) is -0.849. The highest BCUT2D eigenvalue weighted by atomic mass is 79.9. The van der Waals surface area contributed by atoms with Crippen LogP contribution < -0.4 is 5.32 Å². The van der Waals surface area contributed by atoms with Crippen LogP contribution in [0.1, 0.15) is 25.5 Å². The highest BCUT2D eigenvalue weighted by molar-refractivity contribution is 9.10. The van der Waals surface area contributed by atoms with Crippen molar-refractivity contribution in [2.45, 2.75) is 19.9 Å². The molecule has 0 aromatic heterocycles. The molecule has 0 aliphatic rings. The Labute approximate surface area is 122 Å². The van der Waals surface area contributed by atoms with Crippen molar-refractivity contribution >= 4 is 21.9 Å². The van der Waals surface area contributed by atoms with Crippen LogP contribution in [-0.4, -0.2) is 42.2 Å². The highest BCUT2D eigenvalue weighted by Gasteiger charge is 2.19. The van der Waals surface area contributed by atoms with E-state index in [9.17, 15) is 9.90 Å². The normalized spacial score (nSPS) is 12.6. The molecular formula is C14H21BrN2O2. The largest absolute Gasteiger partial charge is 0.480 e. The summed E-state index contributed by atoms with van der Waals surface area (Å²) in [5.41, 5.74) is 0.765. The molecular weight excluding hydrogens is 308 g/mol. The number of aliphatic carboxylic acids is 1. The summed E-state index contributed by atoms with van der Waals surface area (Å²) < 4.78 is 0.891. The third-order valence-electron chi connectivity index (χ3n) is 3.10. The zero-order chi connectivity index (χ0) is 14.3. The molecule has 5 heteroatoms. The Morgan fingerprint density at radius 2 is 2.11 bits per heavy atom. The Hall–Kier alpha value is -0.910. The maximum Gasteiger partial charge on any atom is 0.325 e. The molecule has 0 bridgehead atoms. The minimum absolute atomic E-state index is 0.658. The lowest BCUT2D eigenvalue weighted by Gasteiger charge is -2.20. The van der Waals surface area contributed by atoms with E-state index in [1.807, 2.05) is 24.3 Å². The van der Waals surface area contributed by atoms with Crippen LogP contribution in [0.5, 0.6) is 0 Å². The number of carboxylic acids is 1. The second kappa shape index (κ2) is 8.30. The van der Waals surface area contributed by atoms with E-state index in [1.54, 1.807) is 0 Å². The number of halogens is 1. The zero-order valence-corrected chi connectivity index (χ0v) is 13.0. The predicted molar refractivity (Wildman–Crippen MR) is 80.3 cm³/mol. The summed E-state index contributed by atoms with van der Waals surface area (Å²) in [6, 6.07) is 6.74. The van der Waals surface area contributed by atoms with Gasteiger partial charge in [-0.1, -0.05) is 41.9 Å². The average molecular weight is 329 g/mol. The van der Waals surface area contributed by atoms with Crippen LogP contribution in [0.25, 0.3) is 0 Å². The molecule has 2 N–H and O–H groups in total. The van der Waals surface area contributed by atoms with Gasteiger partial charge in [-0.05, 0) is 30.8 Å². The molecule has 0 aliphatic carbocycles. The van der Waals surface area contributed by atoms with E-state index < -0.39 is 12.0 Å². The van der Waals surface area contributed by atoms with E-state index in [-0.39, 0.29) is 0 Å². The average Bonchev–Trinajstić information content (AvgIpc) is 2.38. The van der Waals surface area contributed by atoms with Gasteiger partial charge in [0.15, 0.2) is 0 Å². The quantitative estimate of drug-likeness (QED) is 0.769. The van der Waals surface area contributed by atoms with Gasteiger partial charge in [0.05, 0.1) is 0 Å². The number of benzene rings is 1. The molecule has 0 saturated heterocycles. The van der Waals surface area contributed by atoms with Gasteiger partial charge in [0.1, 0.15) is 6.04 Å². The first-order valence-corrected chi connectivity index (χ1v) is 7.31. The molecule has 0 amide bonds. The summed E-state index contributed by atoms with van der Waals surface area (Å²) >= 11 is 3.36. The summed E-state index contributed by atoms with van der Waals surface area (Å²) in [5, 5.41) is 12.4. The van der Waals surface area contributed by atoms with Gasteiger partial charge in [-0.2, -0.15) is 0 Å². The van der Waals surface area contributed by atoms with E-state index >= 15 is 0 Å².